The predicted octanol–water partition coefficient (Wildman–Crippen LogP) is 5.89. The average molecular weight is 596 g/mol. The Balaban J connectivity index is 1.39. The minimum atomic E-state index is -4.50. The van der Waals surface area contributed by atoms with Gasteiger partial charge in [0.05, 0.1) is 23.4 Å². The standard InChI is InChI=1S/C32H32F3N3O5/c1-3-13-41-31(40)24-7-6-8-26(17-24)38-12-11-23-15-22(16-25(18-36)30(23)38)14-21(2)37-29(39)19-42-27-9-4-5-10-28(27)43-20-32(33,34)35/h4-10,15-17,21H,3,11-14,19-20H2,1-2H3,(H,37,39)/t21-/m1/s1. The van der Waals surface area contributed by atoms with E-state index in [9.17, 15) is 28.0 Å². The summed E-state index contributed by atoms with van der Waals surface area (Å²) in [6.45, 7) is 2.84. The number of amides is 1. The summed E-state index contributed by atoms with van der Waals surface area (Å²) in [6, 6.07) is 18.8. The fourth-order valence-corrected chi connectivity index (χ4v) is 4.87. The Hall–Kier alpha value is -4.72. The third-order valence-corrected chi connectivity index (χ3v) is 6.62. The number of hydrogen-bond acceptors (Lipinski definition) is 7. The molecule has 0 saturated carbocycles. The smallest absolute Gasteiger partial charge is 0.422 e. The summed E-state index contributed by atoms with van der Waals surface area (Å²) in [5.41, 5.74) is 4.38. The number of esters is 1. The lowest BCUT2D eigenvalue weighted by Gasteiger charge is -2.22. The van der Waals surface area contributed by atoms with Gasteiger partial charge in [0.15, 0.2) is 24.7 Å². The van der Waals surface area contributed by atoms with Crippen LogP contribution in [0.1, 0.15) is 47.3 Å². The van der Waals surface area contributed by atoms with E-state index in [1.165, 1.54) is 18.2 Å². The lowest BCUT2D eigenvalue weighted by Crippen LogP contribution is -2.37. The SMILES string of the molecule is CCCOC(=O)c1cccc(N2CCc3cc(C[C@@H](C)NC(=O)COc4ccccc4OCC(F)(F)F)cc(C#N)c32)c1. The fourth-order valence-electron chi connectivity index (χ4n) is 4.87. The Bertz CT molecular complexity index is 1500. The van der Waals surface area contributed by atoms with Gasteiger partial charge >= 0.3 is 12.1 Å². The predicted molar refractivity (Wildman–Crippen MR) is 154 cm³/mol. The van der Waals surface area contributed by atoms with Crippen molar-refractivity contribution in [1.82, 2.24) is 5.32 Å². The minimum Gasteiger partial charge on any atom is -0.480 e. The Morgan fingerprint density at radius 2 is 1.81 bits per heavy atom. The summed E-state index contributed by atoms with van der Waals surface area (Å²) in [6.07, 6.45) is -2.63. The summed E-state index contributed by atoms with van der Waals surface area (Å²) >= 11 is 0. The Labute approximate surface area is 248 Å². The number of hydrogen-bond donors (Lipinski definition) is 1. The Morgan fingerprint density at radius 3 is 2.51 bits per heavy atom. The monoisotopic (exact) mass is 595 g/mol. The molecule has 1 atom stereocenters. The average Bonchev–Trinajstić information content (AvgIpc) is 3.41. The van der Waals surface area contributed by atoms with Gasteiger partial charge in [-0.3, -0.25) is 4.79 Å². The first-order valence-corrected chi connectivity index (χ1v) is 13.9. The van der Waals surface area contributed by atoms with Crippen molar-refractivity contribution >= 4 is 23.3 Å². The highest BCUT2D eigenvalue weighted by atomic mass is 19.4. The first kappa shape index (κ1) is 31.2. The summed E-state index contributed by atoms with van der Waals surface area (Å²) in [7, 11) is 0. The molecule has 1 heterocycles. The Kier molecular flexibility index (Phi) is 10.1. The third kappa shape index (κ3) is 8.41. The quantitative estimate of drug-likeness (QED) is 0.261. The van der Waals surface area contributed by atoms with Gasteiger partial charge in [-0.05, 0) is 73.7 Å². The maximum absolute atomic E-state index is 12.5. The van der Waals surface area contributed by atoms with E-state index in [1.807, 2.05) is 30.9 Å². The number of anilines is 2. The number of nitriles is 1. The lowest BCUT2D eigenvalue weighted by atomic mass is 9.99. The molecule has 0 aromatic heterocycles. The van der Waals surface area contributed by atoms with Crippen LogP contribution < -0.4 is 19.7 Å². The van der Waals surface area contributed by atoms with Crippen LogP contribution >= 0.6 is 0 Å². The van der Waals surface area contributed by atoms with Crippen LogP contribution in [-0.4, -0.2) is 50.5 Å². The normalized spacial score (nSPS) is 13.1. The highest BCUT2D eigenvalue weighted by molar-refractivity contribution is 5.91. The zero-order valence-electron chi connectivity index (χ0n) is 23.9. The van der Waals surface area contributed by atoms with Gasteiger partial charge < -0.3 is 24.4 Å². The number of ether oxygens (including phenoxy) is 3. The molecule has 0 radical (unpaired) electrons. The number of alkyl halides is 3. The molecule has 0 spiro atoms. The largest absolute Gasteiger partial charge is 0.480 e. The number of rotatable bonds is 12. The van der Waals surface area contributed by atoms with E-state index in [1.54, 1.807) is 30.3 Å². The first-order valence-electron chi connectivity index (χ1n) is 13.9. The van der Waals surface area contributed by atoms with Gasteiger partial charge in [-0.2, -0.15) is 18.4 Å². The lowest BCUT2D eigenvalue weighted by molar-refractivity contribution is -0.153. The molecule has 3 aromatic rings. The van der Waals surface area contributed by atoms with Crippen molar-refractivity contribution < 1.29 is 37.0 Å². The van der Waals surface area contributed by atoms with Gasteiger partial charge in [-0.1, -0.05) is 31.2 Å². The second-order valence-electron chi connectivity index (χ2n) is 10.2. The van der Waals surface area contributed by atoms with E-state index >= 15 is 0 Å². The van der Waals surface area contributed by atoms with Gasteiger partial charge in [0.2, 0.25) is 0 Å². The molecule has 0 fully saturated rings. The summed E-state index contributed by atoms with van der Waals surface area (Å²) in [5, 5.41) is 12.8. The van der Waals surface area contributed by atoms with E-state index < -0.39 is 25.3 Å². The van der Waals surface area contributed by atoms with Crippen LogP contribution in [0.2, 0.25) is 0 Å². The number of carbonyl (C=O) groups excluding carboxylic acids is 2. The molecule has 226 valence electrons. The highest BCUT2D eigenvalue weighted by Gasteiger charge is 2.29. The van der Waals surface area contributed by atoms with E-state index in [0.29, 0.717) is 37.1 Å². The van der Waals surface area contributed by atoms with E-state index in [0.717, 1.165) is 28.9 Å². The van der Waals surface area contributed by atoms with Gasteiger partial charge in [0.25, 0.3) is 5.91 Å². The van der Waals surface area contributed by atoms with E-state index in [4.69, 9.17) is 14.2 Å². The molecule has 1 amide bonds. The zero-order valence-corrected chi connectivity index (χ0v) is 23.9. The van der Waals surface area contributed by atoms with Crippen LogP contribution in [0.3, 0.4) is 0 Å². The zero-order chi connectivity index (χ0) is 31.0. The molecular weight excluding hydrogens is 563 g/mol. The first-order chi connectivity index (χ1) is 20.6. The highest BCUT2D eigenvalue weighted by Crippen LogP contribution is 2.38. The molecule has 0 saturated heterocycles. The molecule has 43 heavy (non-hydrogen) atoms. The topological polar surface area (TPSA) is 101 Å². The molecular formula is C32H32F3N3O5. The number of para-hydroxylation sites is 2. The van der Waals surface area contributed by atoms with Crippen LogP contribution in [0.15, 0.2) is 60.7 Å². The summed E-state index contributed by atoms with van der Waals surface area (Å²) in [4.78, 5) is 26.9. The molecule has 1 aliphatic rings. The summed E-state index contributed by atoms with van der Waals surface area (Å²) in [5.74, 6) is -0.928. The van der Waals surface area contributed by atoms with Gasteiger partial charge in [0.1, 0.15) is 6.07 Å². The number of carbonyl (C=O) groups is 2. The number of nitrogens with zero attached hydrogens (tertiary/aromatic N) is 2. The van der Waals surface area contributed by atoms with Crippen molar-refractivity contribution in [2.24, 2.45) is 0 Å². The number of benzene rings is 3. The molecule has 3 aromatic carbocycles. The fraction of sp³-hybridized carbons (Fsp3) is 0.344. The van der Waals surface area contributed by atoms with Gasteiger partial charge in [0, 0.05) is 18.3 Å². The van der Waals surface area contributed by atoms with Crippen molar-refractivity contribution in [2.45, 2.75) is 45.3 Å². The molecule has 0 bridgehead atoms. The third-order valence-electron chi connectivity index (χ3n) is 6.62. The summed E-state index contributed by atoms with van der Waals surface area (Å²) < 4.78 is 53.1. The molecule has 11 heteroatoms. The number of nitrogens with one attached hydrogen (secondary N) is 1. The number of halogens is 3. The van der Waals surface area contributed by atoms with Crippen molar-refractivity contribution in [1.29, 1.82) is 5.26 Å². The van der Waals surface area contributed by atoms with Crippen molar-refractivity contribution in [3.8, 4) is 17.6 Å². The minimum absolute atomic E-state index is 0.0276. The van der Waals surface area contributed by atoms with Crippen LogP contribution in [-0.2, 0) is 22.4 Å². The van der Waals surface area contributed by atoms with Crippen molar-refractivity contribution in [2.75, 3.05) is 31.3 Å². The molecule has 1 N–H and O–H groups in total. The van der Waals surface area contributed by atoms with Crippen LogP contribution in [0.5, 0.6) is 11.5 Å². The second kappa shape index (κ2) is 14.0. The van der Waals surface area contributed by atoms with Crippen LogP contribution in [0.4, 0.5) is 24.5 Å². The Morgan fingerprint density at radius 1 is 1.07 bits per heavy atom. The van der Waals surface area contributed by atoms with Crippen molar-refractivity contribution in [3.05, 3.63) is 82.9 Å². The van der Waals surface area contributed by atoms with E-state index in [2.05, 4.69) is 11.4 Å². The molecule has 8 nitrogen and oxygen atoms in total. The molecule has 0 unspecified atom stereocenters. The van der Waals surface area contributed by atoms with Gasteiger partial charge in [-0.25, -0.2) is 4.79 Å². The maximum Gasteiger partial charge on any atom is 0.422 e. The van der Waals surface area contributed by atoms with Crippen LogP contribution in [0.25, 0.3) is 0 Å². The van der Waals surface area contributed by atoms with Crippen LogP contribution in [0, 0.1) is 11.3 Å². The maximum atomic E-state index is 12.5. The van der Waals surface area contributed by atoms with E-state index in [-0.39, 0.29) is 23.5 Å². The molecule has 4 rings (SSSR count). The van der Waals surface area contributed by atoms with Gasteiger partial charge in [-0.15, -0.1) is 0 Å². The van der Waals surface area contributed by atoms with Crippen molar-refractivity contribution in [3.63, 3.8) is 0 Å². The second-order valence-corrected chi connectivity index (χ2v) is 10.2. The molecule has 0 aliphatic carbocycles. The number of fused-ring (bicyclic) bond motifs is 1. The molecule has 1 aliphatic heterocycles.